The molecule has 1 aliphatic rings. The van der Waals surface area contributed by atoms with Crippen LogP contribution in [0.15, 0.2) is 18.2 Å². The Hall–Kier alpha value is -2.15. The van der Waals surface area contributed by atoms with E-state index in [1.54, 1.807) is 0 Å². The molecule has 1 aromatic rings. The Bertz CT molecular complexity index is 482. The fraction of sp³-hybridized carbons (Fsp3) is 0.364. The number of hydrogen-bond donors (Lipinski definition) is 1. The number of nitro benzene ring substituents is 1. The van der Waals surface area contributed by atoms with Gasteiger partial charge < -0.3 is 14.6 Å². The van der Waals surface area contributed by atoms with Crippen LogP contribution in [0.25, 0.3) is 0 Å². The van der Waals surface area contributed by atoms with Crippen molar-refractivity contribution in [3.8, 4) is 5.75 Å². The molecule has 0 bridgehead atoms. The summed E-state index contributed by atoms with van der Waals surface area (Å²) in [5.74, 6) is -0.918. The molecule has 0 radical (unpaired) electrons. The summed E-state index contributed by atoms with van der Waals surface area (Å²) >= 11 is 0. The second kappa shape index (κ2) is 5.01. The number of nitrogens with zero attached hydrogens (tertiary/aromatic N) is 1. The molecule has 0 saturated carbocycles. The highest BCUT2D eigenvalue weighted by Crippen LogP contribution is 2.29. The average Bonchev–Trinajstić information content (AvgIpc) is 3.10. The second-order valence-electron chi connectivity index (χ2n) is 3.85. The molecule has 1 heterocycles. The summed E-state index contributed by atoms with van der Waals surface area (Å²) in [5, 5.41) is 19.6. The number of carboxylic acids is 1. The molecule has 0 aliphatic carbocycles. The van der Waals surface area contributed by atoms with Gasteiger partial charge in [0.05, 0.1) is 23.5 Å². The van der Waals surface area contributed by atoms with E-state index in [2.05, 4.69) is 0 Å². The molecule has 1 N–H and O–H groups in total. The molecule has 0 amide bonds. The fourth-order valence-electron chi connectivity index (χ4n) is 1.54. The van der Waals surface area contributed by atoms with Crippen LogP contribution in [-0.4, -0.2) is 35.3 Å². The molecule has 7 heteroatoms. The van der Waals surface area contributed by atoms with Crippen molar-refractivity contribution in [1.82, 2.24) is 0 Å². The monoisotopic (exact) mass is 253 g/mol. The zero-order chi connectivity index (χ0) is 13.1. The highest BCUT2D eigenvalue weighted by molar-refractivity contribution is 5.73. The first-order valence-electron chi connectivity index (χ1n) is 5.30. The maximum Gasteiger partial charge on any atom is 0.308 e. The third-order valence-electron chi connectivity index (χ3n) is 2.46. The van der Waals surface area contributed by atoms with Crippen molar-refractivity contribution in [1.29, 1.82) is 0 Å². The SMILES string of the molecule is O=C(O)Cc1c(OCC2CO2)cccc1[N+](=O)[O-]. The van der Waals surface area contributed by atoms with Gasteiger partial charge in [-0.15, -0.1) is 0 Å². The molecule has 1 aromatic carbocycles. The molecule has 18 heavy (non-hydrogen) atoms. The highest BCUT2D eigenvalue weighted by atomic mass is 16.6. The van der Waals surface area contributed by atoms with Crippen molar-refractivity contribution < 1.29 is 24.3 Å². The lowest BCUT2D eigenvalue weighted by molar-refractivity contribution is -0.385. The van der Waals surface area contributed by atoms with Gasteiger partial charge in [0.1, 0.15) is 18.5 Å². The van der Waals surface area contributed by atoms with Gasteiger partial charge in [-0.05, 0) is 6.07 Å². The summed E-state index contributed by atoms with van der Waals surface area (Å²) in [4.78, 5) is 21.0. The standard InChI is InChI=1S/C11H11NO6/c13-11(14)4-8-9(12(15)16)2-1-3-10(8)18-6-7-5-17-7/h1-3,7H,4-6H2,(H,13,14). The molecule has 1 unspecified atom stereocenters. The summed E-state index contributed by atoms with van der Waals surface area (Å²) < 4.78 is 10.3. The van der Waals surface area contributed by atoms with Crippen LogP contribution < -0.4 is 4.74 Å². The Kier molecular flexibility index (Phi) is 3.42. The Morgan fingerprint density at radius 3 is 2.89 bits per heavy atom. The summed E-state index contributed by atoms with van der Waals surface area (Å²) in [5.41, 5.74) is -0.165. The first-order chi connectivity index (χ1) is 8.58. The molecular formula is C11H11NO6. The van der Waals surface area contributed by atoms with E-state index in [1.165, 1.54) is 18.2 Å². The second-order valence-corrected chi connectivity index (χ2v) is 3.85. The summed E-state index contributed by atoms with van der Waals surface area (Å²) in [6.45, 7) is 0.872. The molecule has 1 fully saturated rings. The lowest BCUT2D eigenvalue weighted by Crippen LogP contribution is -2.10. The third kappa shape index (κ3) is 2.95. The lowest BCUT2D eigenvalue weighted by atomic mass is 10.1. The zero-order valence-electron chi connectivity index (χ0n) is 9.37. The van der Waals surface area contributed by atoms with Crippen LogP contribution in [0.4, 0.5) is 5.69 Å². The Morgan fingerprint density at radius 1 is 1.61 bits per heavy atom. The minimum absolute atomic E-state index is 0.00180. The molecule has 0 aromatic heterocycles. The molecule has 1 saturated heterocycles. The van der Waals surface area contributed by atoms with Crippen LogP contribution in [0, 0.1) is 10.1 Å². The van der Waals surface area contributed by atoms with Crippen molar-refractivity contribution >= 4 is 11.7 Å². The maximum atomic E-state index is 10.8. The van der Waals surface area contributed by atoms with E-state index in [4.69, 9.17) is 14.6 Å². The van der Waals surface area contributed by atoms with E-state index in [0.29, 0.717) is 6.61 Å². The van der Waals surface area contributed by atoms with Gasteiger partial charge >= 0.3 is 5.97 Å². The average molecular weight is 253 g/mol. The van der Waals surface area contributed by atoms with E-state index in [0.717, 1.165) is 0 Å². The summed E-state index contributed by atoms with van der Waals surface area (Å²) in [7, 11) is 0. The van der Waals surface area contributed by atoms with Crippen LogP contribution in [0.1, 0.15) is 5.56 Å². The van der Waals surface area contributed by atoms with Crippen molar-refractivity contribution in [3.63, 3.8) is 0 Å². The number of benzene rings is 1. The van der Waals surface area contributed by atoms with Crippen LogP contribution >= 0.6 is 0 Å². The number of hydrogen-bond acceptors (Lipinski definition) is 5. The van der Waals surface area contributed by atoms with E-state index in [9.17, 15) is 14.9 Å². The molecular weight excluding hydrogens is 242 g/mol. The number of rotatable bonds is 6. The molecule has 7 nitrogen and oxygen atoms in total. The van der Waals surface area contributed by atoms with E-state index in [1.807, 2.05) is 0 Å². The smallest absolute Gasteiger partial charge is 0.308 e. The van der Waals surface area contributed by atoms with Gasteiger partial charge in [0.15, 0.2) is 0 Å². The summed E-state index contributed by atoms with van der Waals surface area (Å²) in [6, 6.07) is 4.25. The van der Waals surface area contributed by atoms with Gasteiger partial charge in [0.25, 0.3) is 5.69 Å². The predicted octanol–water partition coefficient (Wildman–Crippen LogP) is 0.999. The quantitative estimate of drug-likeness (QED) is 0.461. The largest absolute Gasteiger partial charge is 0.490 e. The van der Waals surface area contributed by atoms with Gasteiger partial charge in [-0.1, -0.05) is 6.07 Å². The Labute approximate surface area is 102 Å². The van der Waals surface area contributed by atoms with Crippen molar-refractivity contribution in [3.05, 3.63) is 33.9 Å². The van der Waals surface area contributed by atoms with Crippen molar-refractivity contribution in [2.45, 2.75) is 12.5 Å². The number of carbonyl (C=O) groups is 1. The Morgan fingerprint density at radius 2 is 2.33 bits per heavy atom. The lowest BCUT2D eigenvalue weighted by Gasteiger charge is -2.09. The van der Waals surface area contributed by atoms with Crippen LogP contribution in [0.2, 0.25) is 0 Å². The molecule has 1 atom stereocenters. The summed E-state index contributed by atoms with van der Waals surface area (Å²) in [6.07, 6.45) is -0.445. The number of ether oxygens (including phenoxy) is 2. The van der Waals surface area contributed by atoms with Crippen LogP contribution in [0.3, 0.4) is 0 Å². The van der Waals surface area contributed by atoms with Crippen molar-refractivity contribution in [2.75, 3.05) is 13.2 Å². The Balaban J connectivity index is 2.26. The topological polar surface area (TPSA) is 102 Å². The van der Waals surface area contributed by atoms with Gasteiger partial charge in [0.2, 0.25) is 0 Å². The fourth-order valence-corrected chi connectivity index (χ4v) is 1.54. The van der Waals surface area contributed by atoms with Gasteiger partial charge in [-0.3, -0.25) is 14.9 Å². The molecule has 2 rings (SSSR count). The van der Waals surface area contributed by atoms with Gasteiger partial charge in [-0.2, -0.15) is 0 Å². The van der Waals surface area contributed by atoms with Gasteiger partial charge in [0, 0.05) is 6.07 Å². The van der Waals surface area contributed by atoms with E-state index < -0.39 is 17.3 Å². The van der Waals surface area contributed by atoms with Crippen molar-refractivity contribution in [2.24, 2.45) is 0 Å². The normalized spacial score (nSPS) is 17.2. The predicted molar refractivity (Wildman–Crippen MR) is 59.7 cm³/mol. The number of epoxide rings is 1. The number of nitro groups is 1. The van der Waals surface area contributed by atoms with Crippen LogP contribution in [-0.2, 0) is 16.0 Å². The van der Waals surface area contributed by atoms with Crippen LogP contribution in [0.5, 0.6) is 5.75 Å². The van der Waals surface area contributed by atoms with E-state index in [-0.39, 0.29) is 29.7 Å². The first-order valence-corrected chi connectivity index (χ1v) is 5.30. The molecule has 1 aliphatic heterocycles. The first kappa shape index (κ1) is 12.3. The van der Waals surface area contributed by atoms with E-state index >= 15 is 0 Å². The number of aliphatic carboxylic acids is 1. The number of carboxylic acid groups (broad SMARTS) is 1. The highest BCUT2D eigenvalue weighted by Gasteiger charge is 2.25. The molecule has 0 spiro atoms. The minimum atomic E-state index is -1.14. The minimum Gasteiger partial charge on any atom is -0.490 e. The maximum absolute atomic E-state index is 10.8. The van der Waals surface area contributed by atoms with Gasteiger partial charge in [-0.25, -0.2) is 0 Å². The zero-order valence-corrected chi connectivity index (χ0v) is 9.37. The molecule has 96 valence electrons. The third-order valence-corrected chi connectivity index (χ3v) is 2.46.